The summed E-state index contributed by atoms with van der Waals surface area (Å²) in [5, 5.41) is 9.43. The lowest BCUT2D eigenvalue weighted by Crippen LogP contribution is -2.38. The maximum absolute atomic E-state index is 12.8. The van der Waals surface area contributed by atoms with E-state index in [4.69, 9.17) is 0 Å². The normalized spacial score (nSPS) is 16.6. The molecule has 6 nitrogen and oxygen atoms in total. The fourth-order valence-corrected chi connectivity index (χ4v) is 4.86. The molecule has 1 amide bonds. The lowest BCUT2D eigenvalue weighted by Gasteiger charge is -2.32. The van der Waals surface area contributed by atoms with Gasteiger partial charge in [-0.05, 0) is 74.1 Å². The minimum atomic E-state index is -3.57. The van der Waals surface area contributed by atoms with E-state index in [9.17, 15) is 18.3 Å². The Balaban J connectivity index is 1.62. The van der Waals surface area contributed by atoms with Crippen LogP contribution in [0.4, 0.5) is 0 Å². The first kappa shape index (κ1) is 21.3. The molecule has 3 rings (SSSR count). The summed E-state index contributed by atoms with van der Waals surface area (Å²) in [5.41, 5.74) is 1.67. The Morgan fingerprint density at radius 1 is 1.10 bits per heavy atom. The average Bonchev–Trinajstić information content (AvgIpc) is 2.73. The third-order valence-corrected chi connectivity index (χ3v) is 7.13. The zero-order valence-electron chi connectivity index (χ0n) is 16.8. The van der Waals surface area contributed by atoms with Gasteiger partial charge in [-0.3, -0.25) is 4.79 Å². The molecule has 156 valence electrons. The number of nitrogens with zero attached hydrogens (tertiary/aromatic N) is 1. The largest absolute Gasteiger partial charge is 0.508 e. The number of carbonyl (C=O) groups is 1. The van der Waals surface area contributed by atoms with Gasteiger partial charge in [0.2, 0.25) is 10.0 Å². The SMILES string of the molecule is CCC(C)NS(=O)(=O)c1ccc(C(=O)N2CCC(c3ccc(O)cc3)CC2)cc1. The number of phenolic OH excluding ortho intramolecular Hbond substituents is 1. The van der Waals surface area contributed by atoms with E-state index in [1.54, 1.807) is 24.3 Å². The fourth-order valence-electron chi connectivity index (χ4n) is 3.54. The number of amides is 1. The minimum Gasteiger partial charge on any atom is -0.508 e. The first-order valence-corrected chi connectivity index (χ1v) is 11.5. The Hall–Kier alpha value is -2.38. The highest BCUT2D eigenvalue weighted by molar-refractivity contribution is 7.89. The number of aromatic hydroxyl groups is 1. The molecule has 1 aliphatic heterocycles. The minimum absolute atomic E-state index is 0.0759. The Morgan fingerprint density at radius 2 is 1.69 bits per heavy atom. The fraction of sp³-hybridized carbons (Fsp3) is 0.409. The third kappa shape index (κ3) is 5.16. The van der Waals surface area contributed by atoms with Crippen LogP contribution in [0.15, 0.2) is 53.4 Å². The van der Waals surface area contributed by atoms with Crippen LogP contribution in [-0.2, 0) is 10.0 Å². The Bertz CT molecular complexity index is 932. The smallest absolute Gasteiger partial charge is 0.253 e. The van der Waals surface area contributed by atoms with Crippen molar-refractivity contribution in [2.45, 2.75) is 50.0 Å². The van der Waals surface area contributed by atoms with E-state index in [2.05, 4.69) is 4.72 Å². The van der Waals surface area contributed by atoms with Crippen molar-refractivity contribution in [1.82, 2.24) is 9.62 Å². The zero-order chi connectivity index (χ0) is 21.0. The summed E-state index contributed by atoms with van der Waals surface area (Å²) in [7, 11) is -3.57. The van der Waals surface area contributed by atoms with Crippen molar-refractivity contribution < 1.29 is 18.3 Å². The van der Waals surface area contributed by atoms with Crippen LogP contribution in [0.1, 0.15) is 54.9 Å². The van der Waals surface area contributed by atoms with Gasteiger partial charge >= 0.3 is 0 Å². The van der Waals surface area contributed by atoms with Gasteiger partial charge in [0, 0.05) is 24.7 Å². The molecule has 0 aliphatic carbocycles. The zero-order valence-corrected chi connectivity index (χ0v) is 17.7. The molecule has 0 aromatic heterocycles. The van der Waals surface area contributed by atoms with Gasteiger partial charge < -0.3 is 10.0 Å². The lowest BCUT2D eigenvalue weighted by molar-refractivity contribution is 0.0713. The van der Waals surface area contributed by atoms with Crippen LogP contribution in [0.25, 0.3) is 0 Å². The van der Waals surface area contributed by atoms with E-state index in [1.165, 1.54) is 17.7 Å². The molecule has 1 saturated heterocycles. The maximum atomic E-state index is 12.8. The molecule has 0 radical (unpaired) electrons. The highest BCUT2D eigenvalue weighted by atomic mass is 32.2. The number of nitrogens with one attached hydrogen (secondary N) is 1. The number of sulfonamides is 1. The summed E-state index contributed by atoms with van der Waals surface area (Å²) < 4.78 is 27.3. The van der Waals surface area contributed by atoms with Gasteiger partial charge in [-0.15, -0.1) is 0 Å². The summed E-state index contributed by atoms with van der Waals surface area (Å²) >= 11 is 0. The Morgan fingerprint density at radius 3 is 2.24 bits per heavy atom. The number of likely N-dealkylation sites (tertiary alicyclic amines) is 1. The van der Waals surface area contributed by atoms with Crippen LogP contribution < -0.4 is 4.72 Å². The van der Waals surface area contributed by atoms with Gasteiger partial charge in [0.1, 0.15) is 5.75 Å². The summed E-state index contributed by atoms with van der Waals surface area (Å²) in [4.78, 5) is 14.8. The molecule has 1 unspecified atom stereocenters. The molecule has 1 atom stereocenters. The molecule has 0 bridgehead atoms. The molecule has 7 heteroatoms. The summed E-state index contributed by atoms with van der Waals surface area (Å²) in [6.07, 6.45) is 2.43. The van der Waals surface area contributed by atoms with Gasteiger partial charge in [-0.1, -0.05) is 19.1 Å². The predicted molar refractivity (Wildman–Crippen MR) is 113 cm³/mol. The highest BCUT2D eigenvalue weighted by Gasteiger charge is 2.25. The van der Waals surface area contributed by atoms with E-state index in [-0.39, 0.29) is 22.6 Å². The predicted octanol–water partition coefficient (Wildman–Crippen LogP) is 3.49. The monoisotopic (exact) mass is 416 g/mol. The Labute approximate surface area is 172 Å². The number of rotatable bonds is 6. The summed E-state index contributed by atoms with van der Waals surface area (Å²) in [5.74, 6) is 0.554. The molecule has 29 heavy (non-hydrogen) atoms. The first-order chi connectivity index (χ1) is 13.8. The van der Waals surface area contributed by atoms with E-state index in [0.29, 0.717) is 31.0 Å². The second-order valence-corrected chi connectivity index (χ2v) is 9.33. The van der Waals surface area contributed by atoms with Crippen LogP contribution in [0.5, 0.6) is 5.75 Å². The van der Waals surface area contributed by atoms with Crippen molar-refractivity contribution in [1.29, 1.82) is 0 Å². The number of benzene rings is 2. The topological polar surface area (TPSA) is 86.7 Å². The highest BCUT2D eigenvalue weighted by Crippen LogP contribution is 2.29. The van der Waals surface area contributed by atoms with Gasteiger partial charge in [-0.25, -0.2) is 13.1 Å². The van der Waals surface area contributed by atoms with E-state index in [0.717, 1.165) is 12.8 Å². The first-order valence-electron chi connectivity index (χ1n) is 10.0. The summed E-state index contributed by atoms with van der Waals surface area (Å²) in [6, 6.07) is 13.3. The van der Waals surface area contributed by atoms with E-state index < -0.39 is 10.0 Å². The number of hydrogen-bond acceptors (Lipinski definition) is 4. The van der Waals surface area contributed by atoms with Crippen molar-refractivity contribution >= 4 is 15.9 Å². The van der Waals surface area contributed by atoms with Crippen LogP contribution >= 0.6 is 0 Å². The van der Waals surface area contributed by atoms with Gasteiger partial charge in [-0.2, -0.15) is 0 Å². The lowest BCUT2D eigenvalue weighted by atomic mass is 9.89. The van der Waals surface area contributed by atoms with Crippen molar-refractivity contribution in [3.05, 3.63) is 59.7 Å². The molecule has 0 spiro atoms. The third-order valence-electron chi connectivity index (χ3n) is 5.53. The molecule has 1 fully saturated rings. The van der Waals surface area contributed by atoms with Crippen LogP contribution in [-0.4, -0.2) is 43.5 Å². The molecule has 2 aromatic rings. The number of phenols is 1. The van der Waals surface area contributed by atoms with Crippen LogP contribution in [0, 0.1) is 0 Å². The van der Waals surface area contributed by atoms with E-state index in [1.807, 2.05) is 30.9 Å². The van der Waals surface area contributed by atoms with Gasteiger partial charge in [0.05, 0.1) is 4.90 Å². The second-order valence-electron chi connectivity index (χ2n) is 7.61. The van der Waals surface area contributed by atoms with E-state index >= 15 is 0 Å². The number of carbonyl (C=O) groups excluding carboxylic acids is 1. The molecular formula is C22H28N2O4S. The number of piperidine rings is 1. The van der Waals surface area contributed by atoms with Crippen molar-refractivity contribution in [3.8, 4) is 5.75 Å². The average molecular weight is 417 g/mol. The second kappa shape index (κ2) is 8.97. The standard InChI is InChI=1S/C22H28N2O4S/c1-3-16(2)23-29(27,28)21-10-6-19(7-11-21)22(26)24-14-12-18(13-15-24)17-4-8-20(25)9-5-17/h4-11,16,18,23,25H,3,12-15H2,1-2H3. The Kier molecular flexibility index (Phi) is 6.59. The van der Waals surface area contributed by atoms with Crippen LogP contribution in [0.3, 0.4) is 0 Å². The molecule has 2 N–H and O–H groups in total. The van der Waals surface area contributed by atoms with Crippen molar-refractivity contribution in [2.24, 2.45) is 0 Å². The molecule has 2 aromatic carbocycles. The molecular weight excluding hydrogens is 388 g/mol. The quantitative estimate of drug-likeness (QED) is 0.755. The van der Waals surface area contributed by atoms with Crippen LogP contribution in [0.2, 0.25) is 0 Å². The number of hydrogen-bond donors (Lipinski definition) is 2. The molecule has 0 saturated carbocycles. The summed E-state index contributed by atoms with van der Waals surface area (Å²) in [6.45, 7) is 5.04. The van der Waals surface area contributed by atoms with Gasteiger partial charge in [0.15, 0.2) is 0 Å². The van der Waals surface area contributed by atoms with Gasteiger partial charge in [0.25, 0.3) is 5.91 Å². The molecule has 1 heterocycles. The van der Waals surface area contributed by atoms with Crippen molar-refractivity contribution in [2.75, 3.05) is 13.1 Å². The maximum Gasteiger partial charge on any atom is 0.253 e. The molecule has 1 aliphatic rings. The van der Waals surface area contributed by atoms with Crippen molar-refractivity contribution in [3.63, 3.8) is 0 Å².